The van der Waals surface area contributed by atoms with Gasteiger partial charge in [-0.3, -0.25) is 4.79 Å². The fourth-order valence-electron chi connectivity index (χ4n) is 4.33. The summed E-state index contributed by atoms with van der Waals surface area (Å²) in [6.45, 7) is 11.9. The van der Waals surface area contributed by atoms with Gasteiger partial charge in [0.1, 0.15) is 11.1 Å². The summed E-state index contributed by atoms with van der Waals surface area (Å²) < 4.78 is 7.99. The molecule has 1 saturated heterocycles. The number of hydrogen-bond donors (Lipinski definition) is 1. The molecule has 3 heterocycles. The van der Waals surface area contributed by atoms with Crippen molar-refractivity contribution in [3.8, 4) is 5.69 Å². The number of ether oxygens (including phenoxy) is 1. The Hall–Kier alpha value is -2.72. The minimum Gasteiger partial charge on any atom is -0.444 e. The molecule has 1 N–H and O–H groups in total. The van der Waals surface area contributed by atoms with E-state index in [0.717, 1.165) is 15.7 Å². The largest absolute Gasteiger partial charge is 0.444 e. The zero-order valence-electron chi connectivity index (χ0n) is 21.0. The minimum absolute atomic E-state index is 0.0573. The SMILES string of the molecule is Cc1c(Br)c2nn(-c3ccc(C(C)(C)O)cc3)nc2c(=O)n1C1CCN(C(=O)OC(C)(C)C)CC1. The fourth-order valence-corrected chi connectivity index (χ4v) is 4.79. The Bertz CT molecular complexity index is 1310. The molecule has 9 nitrogen and oxygen atoms in total. The van der Waals surface area contributed by atoms with Gasteiger partial charge in [0, 0.05) is 24.8 Å². The fraction of sp³-hybridized carbons (Fsp3) is 0.520. The number of aromatic nitrogens is 4. The smallest absolute Gasteiger partial charge is 0.410 e. The molecule has 0 atom stereocenters. The Morgan fingerprint density at radius 1 is 1.06 bits per heavy atom. The van der Waals surface area contributed by atoms with E-state index in [2.05, 4.69) is 26.1 Å². The molecule has 0 saturated carbocycles. The lowest BCUT2D eigenvalue weighted by atomic mass is 9.98. The van der Waals surface area contributed by atoms with Gasteiger partial charge in [0.2, 0.25) is 0 Å². The maximum absolute atomic E-state index is 13.5. The predicted octanol–water partition coefficient (Wildman–Crippen LogP) is 4.45. The van der Waals surface area contributed by atoms with E-state index in [-0.39, 0.29) is 23.2 Å². The minimum atomic E-state index is -0.951. The molecule has 1 fully saturated rings. The zero-order chi connectivity index (χ0) is 25.7. The highest BCUT2D eigenvalue weighted by Gasteiger charge is 2.30. The van der Waals surface area contributed by atoms with Crippen LogP contribution >= 0.6 is 15.9 Å². The van der Waals surface area contributed by atoms with Crippen molar-refractivity contribution in [2.45, 2.75) is 71.6 Å². The molecule has 2 aromatic heterocycles. The summed E-state index contributed by atoms with van der Waals surface area (Å²) in [4.78, 5) is 29.1. The number of carbonyl (C=O) groups is 1. The molecule has 0 spiro atoms. The van der Waals surface area contributed by atoms with Gasteiger partial charge in [-0.05, 0) is 88.0 Å². The first-order valence-corrected chi connectivity index (χ1v) is 12.5. The highest BCUT2D eigenvalue weighted by atomic mass is 79.9. The van der Waals surface area contributed by atoms with Crippen LogP contribution < -0.4 is 5.56 Å². The summed E-state index contributed by atoms with van der Waals surface area (Å²) in [7, 11) is 0. The molecule has 1 aliphatic rings. The molecule has 0 bridgehead atoms. The normalized spacial score (nSPS) is 15.6. The van der Waals surface area contributed by atoms with Crippen molar-refractivity contribution in [3.05, 3.63) is 50.3 Å². The lowest BCUT2D eigenvalue weighted by Crippen LogP contribution is -2.43. The van der Waals surface area contributed by atoms with Crippen LogP contribution in [0.3, 0.4) is 0 Å². The second-order valence-electron chi connectivity index (χ2n) is 10.6. The third kappa shape index (κ3) is 5.13. The van der Waals surface area contributed by atoms with Gasteiger partial charge in [-0.15, -0.1) is 10.2 Å². The quantitative estimate of drug-likeness (QED) is 0.521. The molecule has 35 heavy (non-hydrogen) atoms. The summed E-state index contributed by atoms with van der Waals surface area (Å²) in [5.74, 6) is 0. The first-order chi connectivity index (χ1) is 16.3. The summed E-state index contributed by atoms with van der Waals surface area (Å²) >= 11 is 3.63. The maximum atomic E-state index is 13.5. The van der Waals surface area contributed by atoms with Gasteiger partial charge >= 0.3 is 6.09 Å². The van der Waals surface area contributed by atoms with Gasteiger partial charge in [-0.1, -0.05) is 12.1 Å². The van der Waals surface area contributed by atoms with Gasteiger partial charge in [0.05, 0.1) is 15.8 Å². The van der Waals surface area contributed by atoms with Gasteiger partial charge < -0.3 is 19.3 Å². The molecule has 3 aromatic rings. The van der Waals surface area contributed by atoms with E-state index in [9.17, 15) is 14.7 Å². The number of hydrogen-bond acceptors (Lipinski definition) is 6. The van der Waals surface area contributed by atoms with Crippen LogP contribution in [0.1, 0.15) is 64.8 Å². The van der Waals surface area contributed by atoms with Crippen molar-refractivity contribution in [1.82, 2.24) is 24.5 Å². The van der Waals surface area contributed by atoms with Crippen LogP contribution in [0, 0.1) is 6.92 Å². The van der Waals surface area contributed by atoms with Gasteiger partial charge in [-0.2, -0.15) is 4.80 Å². The third-order valence-electron chi connectivity index (χ3n) is 6.21. The van der Waals surface area contributed by atoms with E-state index in [1.807, 2.05) is 52.0 Å². The maximum Gasteiger partial charge on any atom is 0.410 e. The number of piperidine rings is 1. The molecule has 1 amide bonds. The first kappa shape index (κ1) is 25.4. The number of likely N-dealkylation sites (tertiary alicyclic amines) is 1. The van der Waals surface area contributed by atoms with Crippen LogP contribution in [-0.4, -0.2) is 54.4 Å². The van der Waals surface area contributed by atoms with E-state index in [1.54, 1.807) is 23.3 Å². The third-order valence-corrected chi connectivity index (χ3v) is 7.16. The van der Waals surface area contributed by atoms with Crippen LogP contribution in [0.15, 0.2) is 33.5 Å². The number of nitrogens with zero attached hydrogens (tertiary/aromatic N) is 5. The van der Waals surface area contributed by atoms with Crippen LogP contribution in [0.2, 0.25) is 0 Å². The molecule has 10 heteroatoms. The molecular weight excluding hydrogens is 514 g/mol. The van der Waals surface area contributed by atoms with E-state index in [1.165, 1.54) is 4.80 Å². The zero-order valence-corrected chi connectivity index (χ0v) is 22.6. The van der Waals surface area contributed by atoms with Crippen molar-refractivity contribution < 1.29 is 14.6 Å². The molecular formula is C25H32BrN5O4. The first-order valence-electron chi connectivity index (χ1n) is 11.7. The second kappa shape index (κ2) is 9.05. The highest BCUT2D eigenvalue weighted by Crippen LogP contribution is 2.30. The topological polar surface area (TPSA) is 102 Å². The van der Waals surface area contributed by atoms with Crippen LogP contribution in [0.25, 0.3) is 16.7 Å². The number of halogens is 1. The lowest BCUT2D eigenvalue weighted by molar-refractivity contribution is 0.0187. The highest BCUT2D eigenvalue weighted by molar-refractivity contribution is 9.10. The van der Waals surface area contributed by atoms with Crippen molar-refractivity contribution in [2.24, 2.45) is 0 Å². The Kier molecular flexibility index (Phi) is 6.56. The Morgan fingerprint density at radius 2 is 1.63 bits per heavy atom. The Balaban J connectivity index is 1.63. The Labute approximate surface area is 212 Å². The second-order valence-corrected chi connectivity index (χ2v) is 11.4. The number of fused-ring (bicyclic) bond motifs is 1. The Morgan fingerprint density at radius 3 is 2.17 bits per heavy atom. The van der Waals surface area contributed by atoms with Crippen molar-refractivity contribution in [3.63, 3.8) is 0 Å². The summed E-state index contributed by atoms with van der Waals surface area (Å²) in [5.41, 5.74) is 1.33. The van der Waals surface area contributed by atoms with Gasteiger partial charge in [-0.25, -0.2) is 4.79 Å². The number of rotatable bonds is 3. The van der Waals surface area contributed by atoms with Crippen molar-refractivity contribution >= 4 is 33.1 Å². The summed E-state index contributed by atoms with van der Waals surface area (Å²) in [6.07, 6.45) is 0.963. The van der Waals surface area contributed by atoms with Crippen molar-refractivity contribution in [1.29, 1.82) is 0 Å². The summed E-state index contributed by atoms with van der Waals surface area (Å²) in [5, 5.41) is 19.3. The number of pyridine rings is 1. The standard InChI is InChI=1S/C25H32BrN5O4/c1-15-19(26)20-21(28-31(27-20)18-9-7-16(8-10-18)25(5,6)34)22(32)30(15)17-11-13-29(14-12-17)23(33)35-24(2,3)4/h7-10,17,34H,11-14H2,1-6H3. The molecule has 0 unspecified atom stereocenters. The van der Waals surface area contributed by atoms with Crippen LogP contribution in [0.5, 0.6) is 0 Å². The molecule has 1 aromatic carbocycles. The molecule has 0 aliphatic carbocycles. The number of amides is 1. The van der Waals surface area contributed by atoms with Crippen LogP contribution in [0.4, 0.5) is 4.79 Å². The van der Waals surface area contributed by atoms with Crippen molar-refractivity contribution in [2.75, 3.05) is 13.1 Å². The molecule has 188 valence electrons. The average Bonchev–Trinajstić information content (AvgIpc) is 3.23. The monoisotopic (exact) mass is 545 g/mol. The number of carbonyl (C=O) groups excluding carboxylic acids is 1. The summed E-state index contributed by atoms with van der Waals surface area (Å²) in [6, 6.07) is 7.22. The average molecular weight is 546 g/mol. The van der Waals surface area contributed by atoms with Gasteiger partial charge in [0.15, 0.2) is 5.52 Å². The molecule has 1 aliphatic heterocycles. The number of aliphatic hydroxyl groups is 1. The van der Waals surface area contributed by atoms with E-state index < -0.39 is 11.2 Å². The van der Waals surface area contributed by atoms with E-state index in [4.69, 9.17) is 4.74 Å². The van der Waals surface area contributed by atoms with Crippen LogP contribution in [-0.2, 0) is 10.3 Å². The lowest BCUT2D eigenvalue weighted by Gasteiger charge is -2.34. The number of benzene rings is 1. The molecule has 0 radical (unpaired) electrons. The predicted molar refractivity (Wildman–Crippen MR) is 137 cm³/mol. The molecule has 4 rings (SSSR count). The van der Waals surface area contributed by atoms with Gasteiger partial charge in [0.25, 0.3) is 5.56 Å². The van der Waals surface area contributed by atoms with E-state index >= 15 is 0 Å². The van der Waals surface area contributed by atoms with E-state index in [0.29, 0.717) is 37.1 Å².